The van der Waals surface area contributed by atoms with Crippen LogP contribution in [0.3, 0.4) is 0 Å². The second kappa shape index (κ2) is 8.51. The maximum Gasteiger partial charge on any atom is 0.240 e. The summed E-state index contributed by atoms with van der Waals surface area (Å²) in [6.07, 6.45) is 2.97. The van der Waals surface area contributed by atoms with Gasteiger partial charge in [0.2, 0.25) is 10.0 Å². The van der Waals surface area contributed by atoms with E-state index in [0.29, 0.717) is 11.4 Å². The standard InChI is InChI=1S/C16H28N2O2S/c1-5-7-8-14(4)18-21(19,20)16-10-9-13(3)15(11-16)12-17-6-2/h9-11,14,17-18H,5-8,12H2,1-4H3. The fourth-order valence-corrected chi connectivity index (χ4v) is 3.50. The number of rotatable bonds is 9. The van der Waals surface area contributed by atoms with Gasteiger partial charge in [0.1, 0.15) is 0 Å². The van der Waals surface area contributed by atoms with Crippen molar-refractivity contribution in [3.63, 3.8) is 0 Å². The van der Waals surface area contributed by atoms with E-state index in [1.807, 2.05) is 26.8 Å². The highest BCUT2D eigenvalue weighted by molar-refractivity contribution is 7.89. The summed E-state index contributed by atoms with van der Waals surface area (Å²) in [6.45, 7) is 9.61. The molecule has 4 nitrogen and oxygen atoms in total. The summed E-state index contributed by atoms with van der Waals surface area (Å²) in [5, 5.41) is 3.24. The van der Waals surface area contributed by atoms with Gasteiger partial charge < -0.3 is 5.32 Å². The minimum absolute atomic E-state index is 0.0338. The highest BCUT2D eigenvalue weighted by atomic mass is 32.2. The van der Waals surface area contributed by atoms with Crippen LogP contribution in [-0.4, -0.2) is 21.0 Å². The van der Waals surface area contributed by atoms with E-state index in [1.54, 1.807) is 12.1 Å². The molecule has 0 aliphatic carbocycles. The van der Waals surface area contributed by atoms with Crippen LogP contribution in [0, 0.1) is 6.92 Å². The number of hydrogen-bond acceptors (Lipinski definition) is 3. The number of sulfonamides is 1. The third-order valence-electron chi connectivity index (χ3n) is 3.54. The Hall–Kier alpha value is -0.910. The molecule has 5 heteroatoms. The van der Waals surface area contributed by atoms with E-state index in [9.17, 15) is 8.42 Å². The van der Waals surface area contributed by atoms with Gasteiger partial charge in [-0.05, 0) is 50.1 Å². The molecule has 0 aromatic heterocycles. The average Bonchev–Trinajstić information content (AvgIpc) is 2.43. The van der Waals surface area contributed by atoms with Gasteiger partial charge in [0, 0.05) is 12.6 Å². The number of hydrogen-bond donors (Lipinski definition) is 2. The molecule has 0 fully saturated rings. The zero-order valence-electron chi connectivity index (χ0n) is 13.6. The number of aryl methyl sites for hydroxylation is 1. The molecule has 0 saturated carbocycles. The molecule has 0 amide bonds. The van der Waals surface area contributed by atoms with Crippen molar-refractivity contribution in [1.82, 2.24) is 10.0 Å². The Morgan fingerprint density at radius 2 is 1.95 bits per heavy atom. The molecule has 0 aliphatic heterocycles. The van der Waals surface area contributed by atoms with Crippen LogP contribution in [0.4, 0.5) is 0 Å². The Balaban J connectivity index is 2.87. The van der Waals surface area contributed by atoms with Crippen molar-refractivity contribution in [3.05, 3.63) is 29.3 Å². The van der Waals surface area contributed by atoms with E-state index >= 15 is 0 Å². The van der Waals surface area contributed by atoms with E-state index in [1.165, 1.54) is 0 Å². The lowest BCUT2D eigenvalue weighted by molar-refractivity contribution is 0.534. The predicted octanol–water partition coefficient (Wildman–Crippen LogP) is 2.96. The van der Waals surface area contributed by atoms with Gasteiger partial charge in [-0.2, -0.15) is 0 Å². The van der Waals surface area contributed by atoms with E-state index in [2.05, 4.69) is 17.0 Å². The normalized spacial score (nSPS) is 13.3. The van der Waals surface area contributed by atoms with E-state index in [0.717, 1.165) is 36.9 Å². The second-order valence-electron chi connectivity index (χ2n) is 5.53. The topological polar surface area (TPSA) is 58.2 Å². The Morgan fingerprint density at radius 1 is 1.24 bits per heavy atom. The fraction of sp³-hybridized carbons (Fsp3) is 0.625. The quantitative estimate of drug-likeness (QED) is 0.737. The monoisotopic (exact) mass is 312 g/mol. The minimum atomic E-state index is -3.43. The molecular formula is C16H28N2O2S. The summed E-state index contributed by atoms with van der Waals surface area (Å²) < 4.78 is 27.6. The third-order valence-corrected chi connectivity index (χ3v) is 5.13. The summed E-state index contributed by atoms with van der Waals surface area (Å²) in [6, 6.07) is 5.29. The van der Waals surface area contributed by atoms with Crippen molar-refractivity contribution in [2.75, 3.05) is 6.54 Å². The molecule has 0 heterocycles. The van der Waals surface area contributed by atoms with Crippen LogP contribution < -0.4 is 10.0 Å². The molecule has 2 N–H and O–H groups in total. The van der Waals surface area contributed by atoms with Gasteiger partial charge in [0.05, 0.1) is 4.90 Å². The van der Waals surface area contributed by atoms with Crippen molar-refractivity contribution in [1.29, 1.82) is 0 Å². The smallest absolute Gasteiger partial charge is 0.240 e. The first-order chi connectivity index (χ1) is 9.90. The van der Waals surface area contributed by atoms with Gasteiger partial charge in [0.25, 0.3) is 0 Å². The van der Waals surface area contributed by atoms with Crippen molar-refractivity contribution in [2.24, 2.45) is 0 Å². The fourth-order valence-electron chi connectivity index (χ4n) is 2.17. The Morgan fingerprint density at radius 3 is 2.57 bits per heavy atom. The molecule has 1 aromatic rings. The van der Waals surface area contributed by atoms with Crippen LogP contribution in [-0.2, 0) is 16.6 Å². The molecule has 0 saturated heterocycles. The van der Waals surface area contributed by atoms with Gasteiger partial charge >= 0.3 is 0 Å². The largest absolute Gasteiger partial charge is 0.313 e. The van der Waals surface area contributed by atoms with Crippen LogP contribution >= 0.6 is 0 Å². The summed E-state index contributed by atoms with van der Waals surface area (Å²) in [5.74, 6) is 0. The summed E-state index contributed by atoms with van der Waals surface area (Å²) >= 11 is 0. The van der Waals surface area contributed by atoms with Crippen molar-refractivity contribution >= 4 is 10.0 Å². The first kappa shape index (κ1) is 18.1. The third kappa shape index (κ3) is 5.77. The first-order valence-corrected chi connectivity index (χ1v) is 9.21. The molecule has 1 rings (SSSR count). The number of benzene rings is 1. The van der Waals surface area contributed by atoms with Crippen LogP contribution in [0.1, 0.15) is 51.2 Å². The maximum atomic E-state index is 12.4. The molecule has 0 spiro atoms. The molecule has 120 valence electrons. The number of unbranched alkanes of at least 4 members (excludes halogenated alkanes) is 1. The van der Waals surface area contributed by atoms with Crippen LogP contribution in [0.15, 0.2) is 23.1 Å². The summed E-state index contributed by atoms with van der Waals surface area (Å²) in [5.41, 5.74) is 2.13. The number of nitrogens with one attached hydrogen (secondary N) is 2. The minimum Gasteiger partial charge on any atom is -0.313 e. The maximum absolute atomic E-state index is 12.4. The summed E-state index contributed by atoms with van der Waals surface area (Å²) in [4.78, 5) is 0.351. The molecule has 1 atom stereocenters. The van der Waals surface area contributed by atoms with Crippen LogP contribution in [0.5, 0.6) is 0 Å². The zero-order valence-corrected chi connectivity index (χ0v) is 14.4. The zero-order chi connectivity index (χ0) is 15.9. The molecule has 0 radical (unpaired) electrons. The Kier molecular flexibility index (Phi) is 7.35. The highest BCUT2D eigenvalue weighted by Gasteiger charge is 2.18. The highest BCUT2D eigenvalue weighted by Crippen LogP contribution is 2.16. The molecule has 0 bridgehead atoms. The molecule has 0 aliphatic rings. The van der Waals surface area contributed by atoms with Gasteiger partial charge in [-0.1, -0.05) is 32.8 Å². The molecular weight excluding hydrogens is 284 g/mol. The summed E-state index contributed by atoms with van der Waals surface area (Å²) in [7, 11) is -3.43. The van der Waals surface area contributed by atoms with E-state index in [-0.39, 0.29) is 6.04 Å². The first-order valence-electron chi connectivity index (χ1n) is 7.73. The van der Waals surface area contributed by atoms with Gasteiger partial charge in [-0.3, -0.25) is 0 Å². The lowest BCUT2D eigenvalue weighted by Crippen LogP contribution is -2.32. The van der Waals surface area contributed by atoms with E-state index < -0.39 is 10.0 Å². The molecule has 1 aromatic carbocycles. The van der Waals surface area contributed by atoms with Crippen LogP contribution in [0.2, 0.25) is 0 Å². The van der Waals surface area contributed by atoms with Crippen molar-refractivity contribution in [2.45, 2.75) is 64.4 Å². The van der Waals surface area contributed by atoms with Crippen LogP contribution in [0.25, 0.3) is 0 Å². The second-order valence-corrected chi connectivity index (χ2v) is 7.25. The molecule has 21 heavy (non-hydrogen) atoms. The SMILES string of the molecule is CCCCC(C)NS(=O)(=O)c1ccc(C)c(CNCC)c1. The Labute approximate surface area is 129 Å². The molecule has 1 unspecified atom stereocenters. The predicted molar refractivity (Wildman–Crippen MR) is 87.9 cm³/mol. The van der Waals surface area contributed by atoms with E-state index in [4.69, 9.17) is 0 Å². The lowest BCUT2D eigenvalue weighted by atomic mass is 10.1. The van der Waals surface area contributed by atoms with Gasteiger partial charge in [-0.25, -0.2) is 13.1 Å². The lowest BCUT2D eigenvalue weighted by Gasteiger charge is -2.15. The Bertz CT molecular complexity index is 541. The van der Waals surface area contributed by atoms with Gasteiger partial charge in [0.15, 0.2) is 0 Å². The van der Waals surface area contributed by atoms with Crippen molar-refractivity contribution < 1.29 is 8.42 Å². The van der Waals surface area contributed by atoms with Crippen molar-refractivity contribution in [3.8, 4) is 0 Å². The average molecular weight is 312 g/mol. The van der Waals surface area contributed by atoms with Gasteiger partial charge in [-0.15, -0.1) is 0 Å².